The van der Waals surface area contributed by atoms with Crippen molar-refractivity contribution in [3.05, 3.63) is 36.5 Å². The average molecular weight is 492 g/mol. The van der Waals surface area contributed by atoms with Gasteiger partial charge in [-0.3, -0.25) is 14.0 Å². The first-order valence-electron chi connectivity index (χ1n) is 13.2. The van der Waals surface area contributed by atoms with E-state index in [0.29, 0.717) is 30.0 Å². The molecule has 2 amide bonds. The average Bonchev–Trinajstić information content (AvgIpc) is 3.13. The number of benzene rings is 1. The summed E-state index contributed by atoms with van der Waals surface area (Å²) in [5, 5.41) is 5.97. The van der Waals surface area contributed by atoms with Gasteiger partial charge in [-0.1, -0.05) is 25.7 Å². The van der Waals surface area contributed by atoms with Gasteiger partial charge in [0.25, 0.3) is 0 Å². The Morgan fingerprint density at radius 1 is 0.889 bits per heavy atom. The Kier molecular flexibility index (Phi) is 7.58. The first kappa shape index (κ1) is 24.4. The van der Waals surface area contributed by atoms with Gasteiger partial charge in [0.1, 0.15) is 11.6 Å². The van der Waals surface area contributed by atoms with E-state index in [1.54, 1.807) is 12.3 Å². The maximum Gasteiger partial charge on any atom is 0.228 e. The number of nitrogens with zero attached hydrogens (tertiary/aromatic N) is 2. The number of rotatable bonds is 6. The maximum atomic E-state index is 12.8. The van der Waals surface area contributed by atoms with Crippen LogP contribution in [-0.4, -0.2) is 33.4 Å². The minimum absolute atomic E-state index is 0.0589. The number of carbonyl (C=O) groups is 2. The number of alkyl halides is 1. The van der Waals surface area contributed by atoms with Crippen LogP contribution in [0.25, 0.3) is 22.4 Å². The number of hydrogen-bond donors (Lipinski definition) is 3. The zero-order valence-electron chi connectivity index (χ0n) is 20.6. The summed E-state index contributed by atoms with van der Waals surface area (Å²) in [5.74, 6) is 1.33. The SMILES string of the molecule is O=C(Nc1ccc(-c2nc3cc(NC(=O)C4CCC(CF)CC4)ncc3[nH]2)cc1)C1CCCCCC1. The maximum absolute atomic E-state index is 12.8. The lowest BCUT2D eigenvalue weighted by Gasteiger charge is -2.25. The van der Waals surface area contributed by atoms with Crippen LogP contribution in [0.2, 0.25) is 0 Å². The first-order chi connectivity index (χ1) is 17.6. The predicted octanol–water partition coefficient (Wildman–Crippen LogP) is 6.25. The van der Waals surface area contributed by atoms with Crippen LogP contribution >= 0.6 is 0 Å². The molecule has 3 aromatic rings. The number of anilines is 2. The minimum atomic E-state index is -0.300. The molecule has 0 unspecified atom stereocenters. The second-order valence-corrected chi connectivity index (χ2v) is 10.3. The van der Waals surface area contributed by atoms with Gasteiger partial charge in [-0.25, -0.2) is 9.97 Å². The topological polar surface area (TPSA) is 99.8 Å². The van der Waals surface area contributed by atoms with Gasteiger partial charge in [0, 0.05) is 29.2 Å². The van der Waals surface area contributed by atoms with Crippen molar-refractivity contribution >= 4 is 34.4 Å². The van der Waals surface area contributed by atoms with E-state index in [0.717, 1.165) is 55.3 Å². The van der Waals surface area contributed by atoms with Gasteiger partial charge in [0.15, 0.2) is 0 Å². The molecule has 7 nitrogen and oxygen atoms in total. The second-order valence-electron chi connectivity index (χ2n) is 10.3. The van der Waals surface area contributed by atoms with E-state index < -0.39 is 0 Å². The molecule has 0 saturated heterocycles. The first-order valence-corrected chi connectivity index (χ1v) is 13.2. The molecule has 0 atom stereocenters. The van der Waals surface area contributed by atoms with Crippen molar-refractivity contribution in [2.24, 2.45) is 17.8 Å². The number of pyridine rings is 1. The van der Waals surface area contributed by atoms with Crippen LogP contribution in [0.4, 0.5) is 15.9 Å². The summed E-state index contributed by atoms with van der Waals surface area (Å²) in [7, 11) is 0. The van der Waals surface area contributed by atoms with Crippen molar-refractivity contribution in [2.45, 2.75) is 64.2 Å². The lowest BCUT2D eigenvalue weighted by molar-refractivity contribution is -0.121. The second kappa shape index (κ2) is 11.2. The molecule has 2 aromatic heterocycles. The predicted molar refractivity (Wildman–Crippen MR) is 139 cm³/mol. The van der Waals surface area contributed by atoms with Crippen LogP contribution in [0.15, 0.2) is 36.5 Å². The van der Waals surface area contributed by atoms with E-state index >= 15 is 0 Å². The molecule has 2 heterocycles. The van der Waals surface area contributed by atoms with E-state index in [1.807, 2.05) is 24.3 Å². The van der Waals surface area contributed by atoms with Crippen LogP contribution < -0.4 is 10.6 Å². The van der Waals surface area contributed by atoms with E-state index in [9.17, 15) is 14.0 Å². The van der Waals surface area contributed by atoms with Crippen molar-refractivity contribution in [1.82, 2.24) is 15.0 Å². The van der Waals surface area contributed by atoms with Crippen molar-refractivity contribution in [3.63, 3.8) is 0 Å². The molecule has 0 bridgehead atoms. The number of imidazole rings is 1. The number of carbonyl (C=O) groups excluding carboxylic acids is 2. The van der Waals surface area contributed by atoms with Crippen molar-refractivity contribution < 1.29 is 14.0 Å². The molecule has 2 aliphatic rings. The Hall–Kier alpha value is -3.29. The highest BCUT2D eigenvalue weighted by Crippen LogP contribution is 2.30. The summed E-state index contributed by atoms with van der Waals surface area (Å²) in [6.45, 7) is -0.300. The number of aromatic amines is 1. The molecule has 36 heavy (non-hydrogen) atoms. The molecule has 0 radical (unpaired) electrons. The van der Waals surface area contributed by atoms with Gasteiger partial charge in [-0.05, 0) is 68.7 Å². The number of hydrogen-bond acceptors (Lipinski definition) is 4. The molecule has 8 heteroatoms. The molecule has 3 N–H and O–H groups in total. The summed E-state index contributed by atoms with van der Waals surface area (Å²) < 4.78 is 12.8. The fourth-order valence-corrected chi connectivity index (χ4v) is 5.42. The molecule has 1 aromatic carbocycles. The highest BCUT2D eigenvalue weighted by atomic mass is 19.1. The normalized spacial score (nSPS) is 21.1. The lowest BCUT2D eigenvalue weighted by atomic mass is 9.82. The van der Waals surface area contributed by atoms with Gasteiger partial charge in [0.2, 0.25) is 11.8 Å². The fraction of sp³-hybridized carbons (Fsp3) is 0.500. The van der Waals surface area contributed by atoms with Crippen LogP contribution in [0.1, 0.15) is 64.2 Å². The van der Waals surface area contributed by atoms with Crippen LogP contribution in [-0.2, 0) is 9.59 Å². The molecular weight excluding hydrogens is 457 g/mol. The Balaban J connectivity index is 1.22. The fourth-order valence-electron chi connectivity index (χ4n) is 5.42. The van der Waals surface area contributed by atoms with E-state index in [1.165, 1.54) is 12.8 Å². The smallest absolute Gasteiger partial charge is 0.228 e. The molecule has 2 aliphatic carbocycles. The number of aromatic nitrogens is 3. The number of fused-ring (bicyclic) bond motifs is 1. The zero-order chi connectivity index (χ0) is 24.9. The summed E-state index contributed by atoms with van der Waals surface area (Å²) in [6.07, 6.45) is 11.3. The third-order valence-corrected chi connectivity index (χ3v) is 7.71. The summed E-state index contributed by atoms with van der Waals surface area (Å²) in [5.41, 5.74) is 3.17. The molecule has 2 fully saturated rings. The minimum Gasteiger partial charge on any atom is -0.337 e. The van der Waals surface area contributed by atoms with Crippen LogP contribution in [0.3, 0.4) is 0 Å². The van der Waals surface area contributed by atoms with Gasteiger partial charge < -0.3 is 15.6 Å². The Bertz CT molecular complexity index is 1190. The van der Waals surface area contributed by atoms with Gasteiger partial charge in [0.05, 0.1) is 23.9 Å². The monoisotopic (exact) mass is 491 g/mol. The van der Waals surface area contributed by atoms with Gasteiger partial charge >= 0.3 is 0 Å². The third-order valence-electron chi connectivity index (χ3n) is 7.71. The standard InChI is InChI=1S/C28H34FN5O2/c29-16-18-7-9-21(10-8-18)28(36)34-25-15-23-24(17-30-25)33-26(32-23)19-11-13-22(14-12-19)31-27(35)20-5-3-1-2-4-6-20/h11-15,17-18,20-21H,1-10,16H2,(H,31,35)(H,32,33)(H,30,34,36). The molecular formula is C28H34FN5O2. The molecule has 2 saturated carbocycles. The molecule has 0 spiro atoms. The largest absolute Gasteiger partial charge is 0.337 e. The van der Waals surface area contributed by atoms with Crippen LogP contribution in [0, 0.1) is 17.8 Å². The van der Waals surface area contributed by atoms with Crippen molar-refractivity contribution in [2.75, 3.05) is 17.3 Å². The van der Waals surface area contributed by atoms with Gasteiger partial charge in [-0.2, -0.15) is 0 Å². The highest BCUT2D eigenvalue weighted by Gasteiger charge is 2.26. The van der Waals surface area contributed by atoms with Crippen molar-refractivity contribution in [1.29, 1.82) is 0 Å². The Labute approximate surface area is 210 Å². The summed E-state index contributed by atoms with van der Waals surface area (Å²) in [6, 6.07) is 9.44. The number of nitrogens with one attached hydrogen (secondary N) is 3. The molecule has 5 rings (SSSR count). The lowest BCUT2D eigenvalue weighted by Crippen LogP contribution is -2.28. The highest BCUT2D eigenvalue weighted by molar-refractivity contribution is 5.94. The van der Waals surface area contributed by atoms with E-state index in [4.69, 9.17) is 0 Å². The Morgan fingerprint density at radius 3 is 2.25 bits per heavy atom. The third kappa shape index (κ3) is 5.74. The van der Waals surface area contributed by atoms with E-state index in [-0.39, 0.29) is 36.2 Å². The number of H-pyrrole nitrogens is 1. The van der Waals surface area contributed by atoms with Gasteiger partial charge in [-0.15, -0.1) is 0 Å². The van der Waals surface area contributed by atoms with Crippen LogP contribution in [0.5, 0.6) is 0 Å². The number of amides is 2. The summed E-state index contributed by atoms with van der Waals surface area (Å²) in [4.78, 5) is 37.6. The summed E-state index contributed by atoms with van der Waals surface area (Å²) >= 11 is 0. The zero-order valence-corrected chi connectivity index (χ0v) is 20.6. The quantitative estimate of drug-likeness (QED) is 0.355. The van der Waals surface area contributed by atoms with E-state index in [2.05, 4.69) is 25.6 Å². The molecule has 190 valence electrons. The van der Waals surface area contributed by atoms with Crippen molar-refractivity contribution in [3.8, 4) is 11.4 Å². The molecule has 0 aliphatic heterocycles. The number of halogens is 1. The Morgan fingerprint density at radius 2 is 1.56 bits per heavy atom.